The third-order valence-corrected chi connectivity index (χ3v) is 9.70. The predicted octanol–water partition coefficient (Wildman–Crippen LogP) is 11.6. The molecule has 0 saturated carbocycles. The highest BCUT2D eigenvalue weighted by Crippen LogP contribution is 2.47. The minimum atomic E-state index is -0.673. The van der Waals surface area contributed by atoms with E-state index in [1.807, 2.05) is 6.92 Å². The average Bonchev–Trinajstić information content (AvgIpc) is 2.95. The van der Waals surface area contributed by atoms with Crippen molar-refractivity contribution in [3.8, 4) is 11.5 Å². The molecule has 0 fully saturated rings. The number of anilines is 1. The monoisotopic (exact) mass is 717 g/mol. The van der Waals surface area contributed by atoms with Crippen molar-refractivity contribution in [1.29, 1.82) is 0 Å². The molecule has 1 unspecified atom stereocenters. The minimum absolute atomic E-state index is 0.178. The number of amides is 1. The maximum atomic E-state index is 14.1. The molecule has 0 radical (unpaired) electrons. The molecule has 0 spiro atoms. The van der Waals surface area contributed by atoms with Crippen LogP contribution in [0.2, 0.25) is 5.02 Å². The van der Waals surface area contributed by atoms with Gasteiger partial charge in [0.05, 0.1) is 22.7 Å². The summed E-state index contributed by atoms with van der Waals surface area (Å²) in [7, 11) is 0. The number of aromatic hydroxyl groups is 1. The van der Waals surface area contributed by atoms with Gasteiger partial charge in [-0.1, -0.05) is 147 Å². The number of benzene rings is 3. The van der Waals surface area contributed by atoms with Gasteiger partial charge in [-0.25, -0.2) is 4.79 Å². The molecule has 0 aromatic heterocycles. The number of hydrogen-bond acceptors (Lipinski definition) is 5. The Morgan fingerprint density at radius 1 is 0.706 bits per heavy atom. The van der Waals surface area contributed by atoms with E-state index in [0.717, 1.165) is 33.4 Å². The number of carbonyl (C=O) groups excluding carboxylic acids is 3. The second-order valence-electron chi connectivity index (χ2n) is 19.1. The van der Waals surface area contributed by atoms with Crippen LogP contribution in [0.5, 0.6) is 11.5 Å². The summed E-state index contributed by atoms with van der Waals surface area (Å²) >= 11 is 6.44. The summed E-state index contributed by atoms with van der Waals surface area (Å²) in [6.07, 6.45) is -0.314. The number of ketones is 1. The Labute approximate surface area is 311 Å². The summed E-state index contributed by atoms with van der Waals surface area (Å²) in [6.45, 7) is 32.8. The summed E-state index contributed by atoms with van der Waals surface area (Å²) < 4.78 is 6.41. The first-order valence-electron chi connectivity index (χ1n) is 17.8. The zero-order valence-electron chi connectivity index (χ0n) is 33.8. The molecule has 6 nitrogen and oxygen atoms in total. The summed E-state index contributed by atoms with van der Waals surface area (Å²) in [5.74, 6) is -1.05. The molecule has 2 N–H and O–H groups in total. The van der Waals surface area contributed by atoms with Gasteiger partial charge in [-0.15, -0.1) is 0 Å². The van der Waals surface area contributed by atoms with Crippen LogP contribution in [-0.2, 0) is 31.2 Å². The van der Waals surface area contributed by atoms with Crippen LogP contribution in [-0.4, -0.2) is 22.8 Å². The van der Waals surface area contributed by atoms with E-state index in [0.29, 0.717) is 5.75 Å². The highest BCUT2D eigenvalue weighted by molar-refractivity contribution is 6.34. The van der Waals surface area contributed by atoms with Crippen LogP contribution in [0.25, 0.3) is 0 Å². The molecule has 3 aromatic rings. The lowest BCUT2D eigenvalue weighted by molar-refractivity contribution is -0.130. The lowest BCUT2D eigenvalue weighted by Crippen LogP contribution is -2.26. The second-order valence-corrected chi connectivity index (χ2v) is 19.5. The van der Waals surface area contributed by atoms with Gasteiger partial charge >= 0.3 is 5.97 Å². The first kappa shape index (κ1) is 41.8. The van der Waals surface area contributed by atoms with E-state index in [2.05, 4.69) is 113 Å². The smallest absolute Gasteiger partial charge is 0.343 e. The molecule has 0 aliphatic heterocycles. The number of rotatable bonds is 7. The van der Waals surface area contributed by atoms with Gasteiger partial charge in [0.1, 0.15) is 17.3 Å². The van der Waals surface area contributed by atoms with Crippen LogP contribution < -0.4 is 10.1 Å². The van der Waals surface area contributed by atoms with Crippen molar-refractivity contribution in [3.63, 3.8) is 0 Å². The normalized spacial score (nSPS) is 13.5. The van der Waals surface area contributed by atoms with Crippen LogP contribution in [0.1, 0.15) is 167 Å². The third kappa shape index (κ3) is 10.0. The Morgan fingerprint density at radius 3 is 1.67 bits per heavy atom. The minimum Gasteiger partial charge on any atom is -0.507 e. The number of hydrogen-bond donors (Lipinski definition) is 2. The third-order valence-electron chi connectivity index (χ3n) is 9.37. The molecular weight excluding hydrogens is 658 g/mol. The van der Waals surface area contributed by atoms with Crippen molar-refractivity contribution < 1.29 is 24.2 Å². The molecule has 0 heterocycles. The standard InChI is InChI=1S/C44H60ClNO5/c1-25(29-20-27(40(2,3)4)22-31(37(29)49)42(8,9)10)30-21-28(41(5,6)7)23-32(43(11,12)13)38(30)51-39(50)26-17-18-33(45)34(19-26)46-36(48)24-35(47)44(14,15)16/h17-23,25,49H,24H2,1-16H3,(H,46,48). The average molecular weight is 718 g/mol. The number of esters is 1. The highest BCUT2D eigenvalue weighted by Gasteiger charge is 2.33. The van der Waals surface area contributed by atoms with Gasteiger partial charge in [0.25, 0.3) is 0 Å². The molecule has 0 aliphatic rings. The van der Waals surface area contributed by atoms with E-state index in [-0.39, 0.29) is 56.4 Å². The van der Waals surface area contributed by atoms with Crippen molar-refractivity contribution in [2.45, 2.75) is 145 Å². The summed E-state index contributed by atoms with van der Waals surface area (Å²) in [5.41, 5.74) is 4.03. The summed E-state index contributed by atoms with van der Waals surface area (Å²) in [6, 6.07) is 13.0. The number of carbonyl (C=O) groups is 3. The number of phenolic OH excluding ortho intramolecular Hbond substituents is 1. The summed E-state index contributed by atoms with van der Waals surface area (Å²) in [4.78, 5) is 39.4. The quantitative estimate of drug-likeness (QED) is 0.144. The largest absolute Gasteiger partial charge is 0.507 e. The number of halogens is 1. The van der Waals surface area contributed by atoms with E-state index < -0.39 is 22.7 Å². The Morgan fingerprint density at radius 2 is 1.20 bits per heavy atom. The Bertz CT molecular complexity index is 1820. The van der Waals surface area contributed by atoms with Gasteiger partial charge in [0.2, 0.25) is 5.91 Å². The maximum absolute atomic E-state index is 14.1. The SMILES string of the molecule is CC(c1cc(C(C)(C)C)cc(C(C)(C)C)c1O)c1cc(C(C)(C)C)cc(C(C)(C)C)c1OC(=O)c1ccc(Cl)c(NC(=O)CC(=O)C(C)(C)C)c1. The summed E-state index contributed by atoms with van der Waals surface area (Å²) in [5, 5.41) is 14.8. The molecule has 1 atom stereocenters. The fourth-order valence-corrected chi connectivity index (χ4v) is 5.91. The van der Waals surface area contributed by atoms with Crippen molar-refractivity contribution in [2.24, 2.45) is 5.41 Å². The topological polar surface area (TPSA) is 92.7 Å². The van der Waals surface area contributed by atoms with E-state index in [4.69, 9.17) is 16.3 Å². The fourth-order valence-electron chi connectivity index (χ4n) is 5.74. The Kier molecular flexibility index (Phi) is 11.8. The van der Waals surface area contributed by atoms with Crippen molar-refractivity contribution >= 4 is 34.9 Å². The number of phenols is 1. The highest BCUT2D eigenvalue weighted by atomic mass is 35.5. The first-order chi connectivity index (χ1) is 22.9. The lowest BCUT2D eigenvalue weighted by Gasteiger charge is -2.32. The zero-order valence-corrected chi connectivity index (χ0v) is 34.5. The Balaban J connectivity index is 2.26. The van der Waals surface area contributed by atoms with Gasteiger partial charge < -0.3 is 15.2 Å². The molecule has 1 amide bonds. The fraction of sp³-hybridized carbons (Fsp3) is 0.523. The van der Waals surface area contributed by atoms with E-state index in [1.54, 1.807) is 26.8 Å². The molecule has 7 heteroatoms. The number of Topliss-reactive ketones (excluding diaryl/α,β-unsaturated/α-hetero) is 1. The molecule has 3 rings (SSSR count). The molecule has 3 aromatic carbocycles. The zero-order chi connectivity index (χ0) is 39.2. The maximum Gasteiger partial charge on any atom is 0.343 e. The van der Waals surface area contributed by atoms with Crippen LogP contribution >= 0.6 is 11.6 Å². The van der Waals surface area contributed by atoms with Gasteiger partial charge in [-0.05, 0) is 56.5 Å². The van der Waals surface area contributed by atoms with Crippen LogP contribution in [0.15, 0.2) is 42.5 Å². The van der Waals surface area contributed by atoms with Gasteiger partial charge in [-0.3, -0.25) is 9.59 Å². The molecule has 0 saturated heterocycles. The molecular formula is C44H60ClNO5. The van der Waals surface area contributed by atoms with Crippen molar-refractivity contribution in [1.82, 2.24) is 0 Å². The lowest BCUT2D eigenvalue weighted by atomic mass is 9.74. The van der Waals surface area contributed by atoms with E-state index in [1.165, 1.54) is 12.1 Å². The second kappa shape index (κ2) is 14.4. The predicted molar refractivity (Wildman–Crippen MR) is 211 cm³/mol. The van der Waals surface area contributed by atoms with Crippen LogP contribution in [0, 0.1) is 5.41 Å². The van der Waals surface area contributed by atoms with Crippen LogP contribution in [0.3, 0.4) is 0 Å². The molecule has 51 heavy (non-hydrogen) atoms. The van der Waals surface area contributed by atoms with Crippen molar-refractivity contribution in [3.05, 3.63) is 86.4 Å². The molecule has 0 aliphatic carbocycles. The van der Waals surface area contributed by atoms with Gasteiger partial charge in [-0.2, -0.15) is 0 Å². The number of nitrogens with one attached hydrogen (secondary N) is 1. The molecule has 0 bridgehead atoms. The van der Waals surface area contributed by atoms with E-state index >= 15 is 0 Å². The number of ether oxygens (including phenoxy) is 1. The van der Waals surface area contributed by atoms with Crippen molar-refractivity contribution in [2.75, 3.05) is 5.32 Å². The Hall–Kier alpha value is -3.64. The van der Waals surface area contributed by atoms with Gasteiger partial charge in [0, 0.05) is 28.0 Å². The van der Waals surface area contributed by atoms with E-state index in [9.17, 15) is 19.5 Å². The molecule has 278 valence electrons. The van der Waals surface area contributed by atoms with Crippen LogP contribution in [0.4, 0.5) is 5.69 Å². The first-order valence-corrected chi connectivity index (χ1v) is 18.2. The van der Waals surface area contributed by atoms with Gasteiger partial charge in [0.15, 0.2) is 0 Å².